The molecule has 1 aliphatic rings. The zero-order valence-electron chi connectivity index (χ0n) is 12.2. The third kappa shape index (κ3) is 2.76. The van der Waals surface area contributed by atoms with E-state index in [4.69, 9.17) is 23.8 Å². The normalized spacial score (nSPS) is 18.2. The second-order valence-corrected chi connectivity index (χ2v) is 6.75. The number of aromatic amines is 1. The average Bonchev–Trinajstić information content (AvgIpc) is 2.78. The summed E-state index contributed by atoms with van der Waals surface area (Å²) in [5, 5.41) is 0.136. The van der Waals surface area contributed by atoms with Crippen molar-refractivity contribution in [1.29, 1.82) is 0 Å². The summed E-state index contributed by atoms with van der Waals surface area (Å²) in [4.78, 5) is 3.18. The number of aromatic nitrogens is 2. The van der Waals surface area contributed by atoms with Crippen LogP contribution >= 0.6 is 23.8 Å². The Hall–Kier alpha value is -0.870. The number of halogens is 2. The summed E-state index contributed by atoms with van der Waals surface area (Å²) in [6, 6.07) is 3.48. The number of hydrogen-bond donors (Lipinski definition) is 1. The van der Waals surface area contributed by atoms with Crippen LogP contribution in [-0.4, -0.2) is 9.55 Å². The van der Waals surface area contributed by atoms with E-state index in [0.717, 1.165) is 17.5 Å². The van der Waals surface area contributed by atoms with Gasteiger partial charge in [0.25, 0.3) is 0 Å². The molecule has 2 aromatic rings. The topological polar surface area (TPSA) is 20.7 Å². The van der Waals surface area contributed by atoms with Gasteiger partial charge in [-0.25, -0.2) is 4.39 Å². The van der Waals surface area contributed by atoms with Gasteiger partial charge in [-0.3, -0.25) is 0 Å². The summed E-state index contributed by atoms with van der Waals surface area (Å²) in [6.45, 7) is 2.19. The summed E-state index contributed by atoms with van der Waals surface area (Å²) >= 11 is 11.4. The first-order valence-corrected chi connectivity index (χ1v) is 8.49. The van der Waals surface area contributed by atoms with Crippen LogP contribution in [0.2, 0.25) is 5.02 Å². The Bertz CT molecular complexity index is 700. The molecule has 3 rings (SSSR count). The molecule has 0 radical (unpaired) electrons. The fourth-order valence-electron chi connectivity index (χ4n) is 3.70. The minimum absolute atomic E-state index is 0.136. The van der Waals surface area contributed by atoms with Gasteiger partial charge in [0.05, 0.1) is 16.1 Å². The predicted molar refractivity (Wildman–Crippen MR) is 88.0 cm³/mol. The summed E-state index contributed by atoms with van der Waals surface area (Å²) in [5.41, 5.74) is 1.65. The van der Waals surface area contributed by atoms with E-state index < -0.39 is 0 Å². The molecule has 0 saturated heterocycles. The van der Waals surface area contributed by atoms with Gasteiger partial charge in [0.1, 0.15) is 5.82 Å². The van der Waals surface area contributed by atoms with Crippen molar-refractivity contribution in [2.24, 2.45) is 5.92 Å². The number of nitrogens with one attached hydrogen (secondary N) is 1. The van der Waals surface area contributed by atoms with Crippen molar-refractivity contribution >= 4 is 34.9 Å². The number of fused-ring (bicyclic) bond motifs is 1. The number of rotatable bonds is 3. The van der Waals surface area contributed by atoms with E-state index in [1.807, 2.05) is 0 Å². The molecule has 1 atom stereocenters. The Balaban J connectivity index is 2.11. The molecular formula is C16H20ClFN2S. The Labute approximate surface area is 134 Å². The number of H-pyrrole nitrogens is 1. The van der Waals surface area contributed by atoms with Gasteiger partial charge < -0.3 is 9.55 Å². The number of benzene rings is 1. The molecule has 1 saturated carbocycles. The fourth-order valence-corrected chi connectivity index (χ4v) is 4.20. The molecule has 5 heteroatoms. The molecule has 0 amide bonds. The summed E-state index contributed by atoms with van der Waals surface area (Å²) < 4.78 is 16.6. The molecule has 1 aromatic heterocycles. The van der Waals surface area contributed by atoms with Gasteiger partial charge in [-0.1, -0.05) is 37.8 Å². The summed E-state index contributed by atoms with van der Waals surface area (Å²) in [6.07, 6.45) is 7.40. The van der Waals surface area contributed by atoms with Crippen LogP contribution in [0.1, 0.15) is 51.5 Å². The Morgan fingerprint density at radius 1 is 1.38 bits per heavy atom. The monoisotopic (exact) mass is 326 g/mol. The minimum Gasteiger partial charge on any atom is -0.331 e. The lowest BCUT2D eigenvalue weighted by molar-refractivity contribution is 0.245. The van der Waals surface area contributed by atoms with Crippen LogP contribution in [0.4, 0.5) is 4.39 Å². The molecule has 1 fully saturated rings. The highest BCUT2D eigenvalue weighted by Gasteiger charge is 2.26. The number of hydrogen-bond acceptors (Lipinski definition) is 1. The first-order valence-electron chi connectivity index (χ1n) is 7.71. The first kappa shape index (κ1) is 15.0. The van der Waals surface area contributed by atoms with Crippen molar-refractivity contribution in [3.8, 4) is 0 Å². The Morgan fingerprint density at radius 3 is 2.76 bits per heavy atom. The van der Waals surface area contributed by atoms with Crippen molar-refractivity contribution in [3.63, 3.8) is 0 Å². The van der Waals surface area contributed by atoms with Crippen molar-refractivity contribution in [2.75, 3.05) is 0 Å². The second-order valence-electron chi connectivity index (χ2n) is 5.96. The zero-order valence-corrected chi connectivity index (χ0v) is 13.7. The minimum atomic E-state index is -0.384. The molecule has 0 bridgehead atoms. The van der Waals surface area contributed by atoms with E-state index >= 15 is 0 Å². The zero-order chi connectivity index (χ0) is 15.0. The van der Waals surface area contributed by atoms with Gasteiger partial charge in [0.2, 0.25) is 0 Å². The van der Waals surface area contributed by atoms with Gasteiger partial charge in [0.15, 0.2) is 4.77 Å². The van der Waals surface area contributed by atoms with Crippen molar-refractivity contribution in [2.45, 2.75) is 51.5 Å². The van der Waals surface area contributed by atoms with Gasteiger partial charge in [-0.2, -0.15) is 0 Å². The molecule has 1 unspecified atom stereocenters. The Kier molecular flexibility index (Phi) is 4.36. The highest BCUT2D eigenvalue weighted by atomic mass is 35.5. The van der Waals surface area contributed by atoms with Crippen LogP contribution in [-0.2, 0) is 0 Å². The van der Waals surface area contributed by atoms with Crippen LogP contribution in [0, 0.1) is 16.5 Å². The Morgan fingerprint density at radius 2 is 2.10 bits per heavy atom. The van der Waals surface area contributed by atoms with Crippen molar-refractivity contribution in [1.82, 2.24) is 9.55 Å². The highest BCUT2D eigenvalue weighted by molar-refractivity contribution is 7.71. The number of nitrogens with zero attached hydrogens (tertiary/aromatic N) is 1. The van der Waals surface area contributed by atoms with Crippen LogP contribution < -0.4 is 0 Å². The van der Waals surface area contributed by atoms with Crippen LogP contribution in [0.25, 0.3) is 11.0 Å². The first-order chi connectivity index (χ1) is 10.1. The third-order valence-corrected chi connectivity index (χ3v) is 5.29. The molecule has 1 aliphatic carbocycles. The fraction of sp³-hybridized carbons (Fsp3) is 0.562. The molecule has 2 nitrogen and oxygen atoms in total. The van der Waals surface area contributed by atoms with E-state index in [-0.39, 0.29) is 10.8 Å². The molecular weight excluding hydrogens is 307 g/mol. The van der Waals surface area contributed by atoms with Crippen molar-refractivity contribution in [3.05, 3.63) is 27.7 Å². The van der Waals surface area contributed by atoms with E-state index in [1.54, 1.807) is 6.07 Å². The van der Waals surface area contributed by atoms with E-state index in [9.17, 15) is 4.39 Å². The van der Waals surface area contributed by atoms with Gasteiger partial charge in [0, 0.05) is 12.1 Å². The maximum absolute atomic E-state index is 13.9. The lowest BCUT2D eigenvalue weighted by Gasteiger charge is -2.31. The van der Waals surface area contributed by atoms with Gasteiger partial charge in [-0.15, -0.1) is 0 Å². The van der Waals surface area contributed by atoms with Crippen molar-refractivity contribution < 1.29 is 4.39 Å². The molecule has 1 heterocycles. The number of imidazole rings is 1. The van der Waals surface area contributed by atoms with Gasteiger partial charge in [-0.05, 0) is 43.5 Å². The van der Waals surface area contributed by atoms with E-state index in [0.29, 0.717) is 16.7 Å². The highest BCUT2D eigenvalue weighted by Crippen LogP contribution is 2.37. The molecule has 0 spiro atoms. The second kappa shape index (κ2) is 6.09. The lowest BCUT2D eigenvalue weighted by Crippen LogP contribution is -2.21. The maximum Gasteiger partial charge on any atom is 0.178 e. The SMILES string of the molecule is CCC(C1CCCCC1)n1c(=S)[nH]c2cc(Cl)c(F)cc21. The largest absolute Gasteiger partial charge is 0.331 e. The molecule has 0 aliphatic heterocycles. The molecule has 21 heavy (non-hydrogen) atoms. The summed E-state index contributed by atoms with van der Waals surface area (Å²) in [7, 11) is 0. The predicted octanol–water partition coefficient (Wildman–Crippen LogP) is 6.02. The maximum atomic E-state index is 13.9. The quantitative estimate of drug-likeness (QED) is 0.684. The van der Waals surface area contributed by atoms with E-state index in [2.05, 4.69) is 16.5 Å². The smallest absolute Gasteiger partial charge is 0.178 e. The molecule has 114 valence electrons. The van der Waals surface area contributed by atoms with Crippen LogP contribution in [0.15, 0.2) is 12.1 Å². The van der Waals surface area contributed by atoms with Crippen LogP contribution in [0.5, 0.6) is 0 Å². The average molecular weight is 327 g/mol. The van der Waals surface area contributed by atoms with E-state index in [1.165, 1.54) is 38.2 Å². The third-order valence-electron chi connectivity index (χ3n) is 4.70. The van der Waals surface area contributed by atoms with Gasteiger partial charge >= 0.3 is 0 Å². The lowest BCUT2D eigenvalue weighted by atomic mass is 9.83. The molecule has 1 N–H and O–H groups in total. The van der Waals surface area contributed by atoms with Crippen LogP contribution in [0.3, 0.4) is 0 Å². The molecule has 1 aromatic carbocycles. The summed E-state index contributed by atoms with van der Waals surface area (Å²) in [5.74, 6) is 0.249. The standard InChI is InChI=1S/C16H20ClFN2S/c1-2-14(10-6-4-3-5-7-10)20-15-9-12(18)11(17)8-13(15)19-16(20)21/h8-10,14H,2-7H2,1H3,(H,19,21).